The highest BCUT2D eigenvalue weighted by atomic mass is 19.4. The standard InChI is InChI=1S/C14H18F3NO2/c15-14(16,17)20-13-7-5-12(6-8-13)19-10-2-1-9-18-11-3-4-11/h5-8,11,18H,1-4,9-10H2. The van der Waals surface area contributed by atoms with E-state index in [4.69, 9.17) is 4.74 Å². The second-order valence-corrected chi connectivity index (χ2v) is 4.80. The second-order valence-electron chi connectivity index (χ2n) is 4.80. The van der Waals surface area contributed by atoms with Gasteiger partial charge in [-0.3, -0.25) is 0 Å². The first-order chi connectivity index (χ1) is 9.53. The number of ether oxygens (including phenoxy) is 2. The predicted molar refractivity (Wildman–Crippen MR) is 68.9 cm³/mol. The molecule has 0 saturated heterocycles. The van der Waals surface area contributed by atoms with Crippen molar-refractivity contribution in [3.05, 3.63) is 24.3 Å². The molecule has 0 unspecified atom stereocenters. The fourth-order valence-corrected chi connectivity index (χ4v) is 1.75. The minimum Gasteiger partial charge on any atom is -0.494 e. The SMILES string of the molecule is FC(F)(F)Oc1ccc(OCCCCNC2CC2)cc1. The van der Waals surface area contributed by atoms with E-state index in [2.05, 4.69) is 10.1 Å². The lowest BCUT2D eigenvalue weighted by Crippen LogP contribution is -2.18. The molecule has 0 radical (unpaired) electrons. The number of benzene rings is 1. The number of nitrogens with one attached hydrogen (secondary N) is 1. The van der Waals surface area contributed by atoms with Crippen molar-refractivity contribution < 1.29 is 22.6 Å². The van der Waals surface area contributed by atoms with Crippen molar-refractivity contribution in [1.29, 1.82) is 0 Å². The molecule has 1 aliphatic rings. The quantitative estimate of drug-likeness (QED) is 0.743. The summed E-state index contributed by atoms with van der Waals surface area (Å²) in [6.07, 6.45) is -0.144. The minimum absolute atomic E-state index is 0.238. The van der Waals surface area contributed by atoms with Gasteiger partial charge in [0, 0.05) is 6.04 Å². The first kappa shape index (κ1) is 15.0. The first-order valence-corrected chi connectivity index (χ1v) is 6.75. The van der Waals surface area contributed by atoms with E-state index >= 15 is 0 Å². The third-order valence-corrected chi connectivity index (χ3v) is 2.91. The van der Waals surface area contributed by atoms with E-state index in [9.17, 15) is 13.2 Å². The summed E-state index contributed by atoms with van der Waals surface area (Å²) < 4.78 is 45.1. The van der Waals surface area contributed by atoms with Gasteiger partial charge in [-0.25, -0.2) is 0 Å². The summed E-state index contributed by atoms with van der Waals surface area (Å²) in [5.74, 6) is 0.313. The van der Waals surface area contributed by atoms with Crippen LogP contribution in [0, 0.1) is 0 Å². The Morgan fingerprint density at radius 1 is 1.05 bits per heavy atom. The highest BCUT2D eigenvalue weighted by Crippen LogP contribution is 2.24. The van der Waals surface area contributed by atoms with E-state index in [0.29, 0.717) is 12.4 Å². The van der Waals surface area contributed by atoms with Crippen molar-refractivity contribution >= 4 is 0 Å². The maximum atomic E-state index is 12.0. The first-order valence-electron chi connectivity index (χ1n) is 6.75. The van der Waals surface area contributed by atoms with Gasteiger partial charge in [-0.1, -0.05) is 0 Å². The van der Waals surface area contributed by atoms with Gasteiger partial charge in [0.05, 0.1) is 6.61 Å². The lowest BCUT2D eigenvalue weighted by Gasteiger charge is -2.10. The summed E-state index contributed by atoms with van der Waals surface area (Å²) in [6.45, 7) is 1.55. The second kappa shape index (κ2) is 6.83. The average molecular weight is 289 g/mol. The van der Waals surface area contributed by atoms with E-state index in [-0.39, 0.29) is 5.75 Å². The Balaban J connectivity index is 1.60. The van der Waals surface area contributed by atoms with Crippen LogP contribution in [-0.2, 0) is 0 Å². The number of hydrogen-bond donors (Lipinski definition) is 1. The molecule has 1 fully saturated rings. The van der Waals surface area contributed by atoms with Crippen LogP contribution in [0.5, 0.6) is 11.5 Å². The molecule has 0 bridgehead atoms. The smallest absolute Gasteiger partial charge is 0.494 e. The Morgan fingerprint density at radius 2 is 1.70 bits per heavy atom. The number of halogens is 3. The molecule has 0 atom stereocenters. The molecule has 1 N–H and O–H groups in total. The van der Waals surface area contributed by atoms with Gasteiger partial charge in [-0.15, -0.1) is 13.2 Å². The summed E-state index contributed by atoms with van der Waals surface area (Å²) in [6, 6.07) is 6.17. The Kier molecular flexibility index (Phi) is 5.11. The van der Waals surface area contributed by atoms with E-state index < -0.39 is 6.36 Å². The minimum atomic E-state index is -4.66. The van der Waals surface area contributed by atoms with Crippen LogP contribution in [0.1, 0.15) is 25.7 Å². The topological polar surface area (TPSA) is 30.5 Å². The van der Waals surface area contributed by atoms with Gasteiger partial charge in [-0.05, 0) is 56.5 Å². The molecule has 6 heteroatoms. The molecule has 3 nitrogen and oxygen atoms in total. The molecule has 112 valence electrons. The Bertz CT molecular complexity index is 402. The zero-order chi connectivity index (χ0) is 14.4. The summed E-state index contributed by atoms with van der Waals surface area (Å²) in [5.41, 5.74) is 0. The molecular weight excluding hydrogens is 271 g/mol. The molecule has 0 amide bonds. The highest BCUT2D eigenvalue weighted by molar-refractivity contribution is 5.31. The fraction of sp³-hybridized carbons (Fsp3) is 0.571. The zero-order valence-corrected chi connectivity index (χ0v) is 11.1. The fourth-order valence-electron chi connectivity index (χ4n) is 1.75. The van der Waals surface area contributed by atoms with Crippen LogP contribution in [0.25, 0.3) is 0 Å². The van der Waals surface area contributed by atoms with Crippen LogP contribution in [0.4, 0.5) is 13.2 Å². The number of rotatable bonds is 8. The molecule has 0 aromatic heterocycles. The largest absolute Gasteiger partial charge is 0.573 e. The van der Waals surface area contributed by atoms with Gasteiger partial charge in [-0.2, -0.15) is 0 Å². The van der Waals surface area contributed by atoms with Crippen LogP contribution < -0.4 is 14.8 Å². The molecule has 0 spiro atoms. The Morgan fingerprint density at radius 3 is 2.30 bits per heavy atom. The molecule has 1 aromatic carbocycles. The Labute approximate surface area is 116 Å². The molecule has 2 rings (SSSR count). The summed E-state index contributed by atoms with van der Waals surface area (Å²) in [7, 11) is 0. The zero-order valence-electron chi connectivity index (χ0n) is 11.1. The lowest BCUT2D eigenvalue weighted by atomic mass is 10.3. The Hall–Kier alpha value is -1.43. The molecule has 20 heavy (non-hydrogen) atoms. The van der Waals surface area contributed by atoms with Gasteiger partial charge in [0.2, 0.25) is 0 Å². The number of unbranched alkanes of at least 4 members (excludes halogenated alkanes) is 1. The van der Waals surface area contributed by atoms with Crippen molar-refractivity contribution in [2.24, 2.45) is 0 Å². The maximum absolute atomic E-state index is 12.0. The van der Waals surface area contributed by atoms with Crippen molar-refractivity contribution in [1.82, 2.24) is 5.32 Å². The highest BCUT2D eigenvalue weighted by Gasteiger charge is 2.30. The summed E-state index contributed by atoms with van der Waals surface area (Å²) in [4.78, 5) is 0. The van der Waals surface area contributed by atoms with Crippen LogP contribution in [-0.4, -0.2) is 25.6 Å². The molecule has 1 saturated carbocycles. The van der Waals surface area contributed by atoms with E-state index in [0.717, 1.165) is 25.4 Å². The number of hydrogen-bond acceptors (Lipinski definition) is 3. The summed E-state index contributed by atoms with van der Waals surface area (Å²) in [5, 5.41) is 3.41. The third kappa shape index (κ3) is 6.14. The van der Waals surface area contributed by atoms with Gasteiger partial charge in [0.1, 0.15) is 11.5 Å². The summed E-state index contributed by atoms with van der Waals surface area (Å²) >= 11 is 0. The van der Waals surface area contributed by atoms with Gasteiger partial charge >= 0.3 is 6.36 Å². The number of alkyl halides is 3. The van der Waals surface area contributed by atoms with Gasteiger partial charge < -0.3 is 14.8 Å². The van der Waals surface area contributed by atoms with Crippen molar-refractivity contribution in [3.8, 4) is 11.5 Å². The van der Waals surface area contributed by atoms with E-state index in [1.54, 1.807) is 0 Å². The average Bonchev–Trinajstić information content (AvgIpc) is 3.18. The van der Waals surface area contributed by atoms with Crippen LogP contribution in [0.15, 0.2) is 24.3 Å². The molecule has 0 aliphatic heterocycles. The normalized spacial score (nSPS) is 15.2. The molecular formula is C14H18F3NO2. The van der Waals surface area contributed by atoms with Crippen molar-refractivity contribution in [3.63, 3.8) is 0 Å². The predicted octanol–water partition coefficient (Wildman–Crippen LogP) is 3.50. The van der Waals surface area contributed by atoms with Gasteiger partial charge in [0.15, 0.2) is 0 Å². The van der Waals surface area contributed by atoms with Gasteiger partial charge in [0.25, 0.3) is 0 Å². The van der Waals surface area contributed by atoms with Crippen molar-refractivity contribution in [2.45, 2.75) is 38.1 Å². The van der Waals surface area contributed by atoms with Crippen LogP contribution >= 0.6 is 0 Å². The monoisotopic (exact) mass is 289 g/mol. The molecule has 0 heterocycles. The third-order valence-electron chi connectivity index (χ3n) is 2.91. The van der Waals surface area contributed by atoms with Crippen LogP contribution in [0.2, 0.25) is 0 Å². The van der Waals surface area contributed by atoms with Crippen molar-refractivity contribution in [2.75, 3.05) is 13.2 Å². The van der Waals surface area contributed by atoms with E-state index in [1.807, 2.05) is 0 Å². The van der Waals surface area contributed by atoms with E-state index in [1.165, 1.54) is 37.1 Å². The van der Waals surface area contributed by atoms with Crippen LogP contribution in [0.3, 0.4) is 0 Å². The molecule has 1 aliphatic carbocycles. The maximum Gasteiger partial charge on any atom is 0.573 e. The lowest BCUT2D eigenvalue weighted by molar-refractivity contribution is -0.274. The molecule has 1 aromatic rings.